The van der Waals surface area contributed by atoms with E-state index in [2.05, 4.69) is 5.32 Å². The SMILES string of the molecule is CC(NC(=O)c1ccc2c(c1)CC(C)N2S(C)(=O)=O)c1ccccc1Cl. The molecule has 2 unspecified atom stereocenters. The number of fused-ring (bicyclic) bond motifs is 1. The Balaban J connectivity index is 1.82. The summed E-state index contributed by atoms with van der Waals surface area (Å²) < 4.78 is 25.4. The summed E-state index contributed by atoms with van der Waals surface area (Å²) in [5.74, 6) is -0.217. The van der Waals surface area contributed by atoms with Gasteiger partial charge in [-0.25, -0.2) is 8.42 Å². The number of hydrogen-bond acceptors (Lipinski definition) is 3. The van der Waals surface area contributed by atoms with Crippen LogP contribution in [0.1, 0.15) is 41.4 Å². The molecule has 26 heavy (non-hydrogen) atoms. The lowest BCUT2D eigenvalue weighted by atomic mass is 10.0. The summed E-state index contributed by atoms with van der Waals surface area (Å²) in [4.78, 5) is 12.6. The Labute approximate surface area is 159 Å². The van der Waals surface area contributed by atoms with Gasteiger partial charge in [0.2, 0.25) is 10.0 Å². The molecular formula is C19H21ClN2O3S. The third-order valence-corrected chi connectivity index (χ3v) is 6.19. The number of hydrogen-bond donors (Lipinski definition) is 1. The van der Waals surface area contributed by atoms with E-state index in [4.69, 9.17) is 11.6 Å². The van der Waals surface area contributed by atoms with Crippen LogP contribution in [0.25, 0.3) is 0 Å². The Morgan fingerprint density at radius 3 is 2.62 bits per heavy atom. The molecule has 0 aromatic heterocycles. The van der Waals surface area contributed by atoms with Crippen LogP contribution in [-0.2, 0) is 16.4 Å². The summed E-state index contributed by atoms with van der Waals surface area (Å²) in [6.45, 7) is 3.74. The molecule has 5 nitrogen and oxygen atoms in total. The van der Waals surface area contributed by atoms with Crippen molar-refractivity contribution in [2.24, 2.45) is 0 Å². The molecule has 2 atom stereocenters. The first-order valence-electron chi connectivity index (χ1n) is 8.36. The highest BCUT2D eigenvalue weighted by molar-refractivity contribution is 7.92. The number of amides is 1. The zero-order valence-electron chi connectivity index (χ0n) is 14.9. The molecule has 0 saturated heterocycles. The summed E-state index contributed by atoms with van der Waals surface area (Å²) in [7, 11) is -3.34. The lowest BCUT2D eigenvalue weighted by Gasteiger charge is -2.22. The van der Waals surface area contributed by atoms with E-state index < -0.39 is 10.0 Å². The van der Waals surface area contributed by atoms with Crippen molar-refractivity contribution in [1.29, 1.82) is 0 Å². The Morgan fingerprint density at radius 2 is 1.96 bits per heavy atom. The lowest BCUT2D eigenvalue weighted by molar-refractivity contribution is 0.0940. The fraction of sp³-hybridized carbons (Fsp3) is 0.316. The van der Waals surface area contributed by atoms with Crippen LogP contribution in [0.5, 0.6) is 0 Å². The van der Waals surface area contributed by atoms with E-state index in [1.807, 2.05) is 32.0 Å². The van der Waals surface area contributed by atoms with Crippen LogP contribution in [0.2, 0.25) is 5.02 Å². The number of sulfonamides is 1. The van der Waals surface area contributed by atoms with Crippen LogP contribution in [0, 0.1) is 0 Å². The van der Waals surface area contributed by atoms with Crippen LogP contribution in [0.3, 0.4) is 0 Å². The first kappa shape index (κ1) is 18.7. The molecule has 0 radical (unpaired) electrons. The van der Waals surface area contributed by atoms with Gasteiger partial charge in [-0.05, 0) is 55.7 Å². The number of carbonyl (C=O) groups excluding carboxylic acids is 1. The van der Waals surface area contributed by atoms with Gasteiger partial charge in [-0.15, -0.1) is 0 Å². The number of nitrogens with zero attached hydrogens (tertiary/aromatic N) is 1. The molecule has 0 fully saturated rings. The number of carbonyl (C=O) groups is 1. The van der Waals surface area contributed by atoms with Gasteiger partial charge in [0.15, 0.2) is 0 Å². The van der Waals surface area contributed by atoms with Gasteiger partial charge in [0.05, 0.1) is 18.0 Å². The van der Waals surface area contributed by atoms with Gasteiger partial charge in [-0.2, -0.15) is 0 Å². The molecule has 2 aromatic carbocycles. The zero-order valence-corrected chi connectivity index (χ0v) is 16.4. The number of benzene rings is 2. The molecule has 0 saturated carbocycles. The highest BCUT2D eigenvalue weighted by Crippen LogP contribution is 2.34. The summed E-state index contributed by atoms with van der Waals surface area (Å²) in [5.41, 5.74) is 2.86. The van der Waals surface area contributed by atoms with Gasteiger partial charge >= 0.3 is 0 Å². The Kier molecular flexibility index (Phi) is 4.99. The largest absolute Gasteiger partial charge is 0.345 e. The van der Waals surface area contributed by atoms with Crippen LogP contribution < -0.4 is 9.62 Å². The number of nitrogens with one attached hydrogen (secondary N) is 1. The van der Waals surface area contributed by atoms with E-state index in [1.165, 1.54) is 10.6 Å². The topological polar surface area (TPSA) is 66.5 Å². The van der Waals surface area contributed by atoms with Crippen LogP contribution in [0.4, 0.5) is 5.69 Å². The minimum atomic E-state index is -3.34. The Bertz CT molecular complexity index is 959. The summed E-state index contributed by atoms with van der Waals surface area (Å²) in [6.07, 6.45) is 1.79. The molecule has 0 bridgehead atoms. The predicted molar refractivity (Wildman–Crippen MR) is 104 cm³/mol. The van der Waals surface area contributed by atoms with E-state index in [-0.39, 0.29) is 18.0 Å². The average Bonchev–Trinajstić information content (AvgIpc) is 2.89. The zero-order chi connectivity index (χ0) is 19.1. The third-order valence-electron chi connectivity index (χ3n) is 4.57. The maximum Gasteiger partial charge on any atom is 0.251 e. The number of anilines is 1. The van der Waals surface area contributed by atoms with Crippen LogP contribution >= 0.6 is 11.6 Å². The highest BCUT2D eigenvalue weighted by atomic mass is 35.5. The maximum absolute atomic E-state index is 12.6. The fourth-order valence-electron chi connectivity index (χ4n) is 3.43. The molecule has 3 rings (SSSR count). The number of rotatable bonds is 4. The quantitative estimate of drug-likeness (QED) is 0.865. The number of halogens is 1. The molecule has 7 heteroatoms. The van der Waals surface area contributed by atoms with E-state index in [0.29, 0.717) is 22.7 Å². The van der Waals surface area contributed by atoms with Crippen molar-refractivity contribution in [3.8, 4) is 0 Å². The smallest absolute Gasteiger partial charge is 0.251 e. The predicted octanol–water partition coefficient (Wildman–Crippen LogP) is 3.54. The molecule has 1 heterocycles. The molecule has 138 valence electrons. The van der Waals surface area contributed by atoms with Crippen molar-refractivity contribution >= 4 is 33.2 Å². The van der Waals surface area contributed by atoms with Gasteiger partial charge in [-0.3, -0.25) is 9.10 Å². The standard InChI is InChI=1S/C19H21ClN2O3S/c1-12-10-15-11-14(8-9-18(15)22(12)26(3,24)25)19(23)21-13(2)16-6-4-5-7-17(16)20/h4-9,11-13H,10H2,1-3H3,(H,21,23). The molecule has 1 amide bonds. The van der Waals surface area contributed by atoms with Crippen molar-refractivity contribution < 1.29 is 13.2 Å². The average molecular weight is 393 g/mol. The Hall–Kier alpha value is -2.05. The fourth-order valence-corrected chi connectivity index (χ4v) is 5.00. The molecule has 1 aliphatic heterocycles. The van der Waals surface area contributed by atoms with Gasteiger partial charge in [-0.1, -0.05) is 29.8 Å². The van der Waals surface area contributed by atoms with Crippen molar-refractivity contribution in [2.75, 3.05) is 10.6 Å². The Morgan fingerprint density at radius 1 is 1.27 bits per heavy atom. The minimum absolute atomic E-state index is 0.152. The molecule has 1 aliphatic rings. The van der Waals surface area contributed by atoms with Crippen LogP contribution in [-0.4, -0.2) is 26.6 Å². The molecule has 1 N–H and O–H groups in total. The van der Waals surface area contributed by atoms with Gasteiger partial charge in [0.1, 0.15) is 0 Å². The third kappa shape index (κ3) is 3.57. The van der Waals surface area contributed by atoms with Gasteiger partial charge in [0, 0.05) is 16.6 Å². The summed E-state index contributed by atoms with van der Waals surface area (Å²) in [5, 5.41) is 3.55. The van der Waals surface area contributed by atoms with Gasteiger partial charge < -0.3 is 5.32 Å². The first-order chi connectivity index (χ1) is 12.2. The van der Waals surface area contributed by atoms with Crippen molar-refractivity contribution in [3.63, 3.8) is 0 Å². The van der Waals surface area contributed by atoms with Crippen LogP contribution in [0.15, 0.2) is 42.5 Å². The van der Waals surface area contributed by atoms with Gasteiger partial charge in [0.25, 0.3) is 5.91 Å². The first-order valence-corrected chi connectivity index (χ1v) is 10.6. The van der Waals surface area contributed by atoms with E-state index >= 15 is 0 Å². The van der Waals surface area contributed by atoms with E-state index in [1.54, 1.807) is 24.3 Å². The molecule has 0 aliphatic carbocycles. The van der Waals surface area contributed by atoms with E-state index in [9.17, 15) is 13.2 Å². The monoisotopic (exact) mass is 392 g/mol. The van der Waals surface area contributed by atoms with Crippen molar-refractivity contribution in [2.45, 2.75) is 32.4 Å². The van der Waals surface area contributed by atoms with Crippen molar-refractivity contribution in [3.05, 3.63) is 64.2 Å². The van der Waals surface area contributed by atoms with E-state index in [0.717, 1.165) is 11.1 Å². The molecule has 0 spiro atoms. The molecule has 2 aromatic rings. The minimum Gasteiger partial charge on any atom is -0.345 e. The second-order valence-corrected chi connectivity index (χ2v) is 8.94. The second kappa shape index (κ2) is 6.93. The van der Waals surface area contributed by atoms with Crippen molar-refractivity contribution in [1.82, 2.24) is 5.32 Å². The second-order valence-electron chi connectivity index (χ2n) is 6.67. The normalized spacial score (nSPS) is 17.7. The highest BCUT2D eigenvalue weighted by Gasteiger charge is 2.32. The lowest BCUT2D eigenvalue weighted by Crippen LogP contribution is -2.34. The summed E-state index contributed by atoms with van der Waals surface area (Å²) >= 11 is 6.19. The maximum atomic E-state index is 12.6. The molecular weight excluding hydrogens is 372 g/mol. The summed E-state index contributed by atoms with van der Waals surface area (Å²) in [6, 6.07) is 12.1.